The largest absolute Gasteiger partial charge is 0.454 e. The molecule has 2 fully saturated rings. The van der Waals surface area contributed by atoms with Crippen molar-refractivity contribution < 1.29 is 23.7 Å². The molecule has 0 N–H and O–H groups in total. The van der Waals surface area contributed by atoms with Gasteiger partial charge in [-0.15, -0.1) is 0 Å². The number of aromatic nitrogens is 1. The summed E-state index contributed by atoms with van der Waals surface area (Å²) in [4.78, 5) is 49.0. The van der Waals surface area contributed by atoms with Crippen LogP contribution in [-0.4, -0.2) is 45.5 Å². The number of piperidine rings is 1. The molecule has 4 rings (SSSR count). The van der Waals surface area contributed by atoms with Crippen LogP contribution in [-0.2, 0) is 20.9 Å². The van der Waals surface area contributed by atoms with Gasteiger partial charge in [-0.25, -0.2) is 4.79 Å². The highest BCUT2D eigenvalue weighted by molar-refractivity contribution is 5.82. The number of nitrogens with zero attached hydrogens (tertiary/aromatic N) is 3. The number of ether oxygens (including phenoxy) is 1. The highest BCUT2D eigenvalue weighted by Crippen LogP contribution is 2.35. The average Bonchev–Trinajstić information content (AvgIpc) is 3.05. The number of benzene rings is 1. The molecule has 1 aliphatic heterocycles. The predicted octanol–water partition coefficient (Wildman–Crippen LogP) is 2.23. The van der Waals surface area contributed by atoms with Crippen LogP contribution in [0.5, 0.6) is 0 Å². The van der Waals surface area contributed by atoms with E-state index in [0.717, 1.165) is 42.7 Å². The SMILES string of the molecule is O=C(Cn1c(=O)oc2cc([N+](=O)[O-])ccc21)OCC(=O)N1CCC[C@@H]2CCCC[C@@H]21. The van der Waals surface area contributed by atoms with Gasteiger partial charge in [0.1, 0.15) is 6.54 Å². The van der Waals surface area contributed by atoms with Crippen LogP contribution in [0.3, 0.4) is 0 Å². The van der Waals surface area contributed by atoms with Crippen LogP contribution in [0.1, 0.15) is 38.5 Å². The maximum absolute atomic E-state index is 12.6. The standard InChI is InChI=1S/C20H23N3O7/c24-18(21-9-3-5-13-4-1-2-6-15(13)21)12-29-19(25)11-22-16-8-7-14(23(27)28)10-17(16)30-20(22)26/h7-8,10,13,15H,1-6,9,11-12H2/t13-,15-/m0/s1. The zero-order valence-corrected chi connectivity index (χ0v) is 16.5. The molecule has 1 saturated carbocycles. The second-order valence-electron chi connectivity index (χ2n) is 7.87. The number of nitro groups is 1. The lowest BCUT2D eigenvalue weighted by atomic mass is 9.78. The fraction of sp³-hybridized carbons (Fsp3) is 0.550. The van der Waals surface area contributed by atoms with Gasteiger partial charge in [-0.1, -0.05) is 12.8 Å². The first-order valence-corrected chi connectivity index (χ1v) is 10.2. The molecule has 0 bridgehead atoms. The number of non-ortho nitro benzene ring substituents is 1. The summed E-state index contributed by atoms with van der Waals surface area (Å²) < 4.78 is 11.2. The Kier molecular flexibility index (Phi) is 5.56. The number of carbonyl (C=O) groups is 2. The van der Waals surface area contributed by atoms with E-state index in [1.54, 1.807) is 0 Å². The third-order valence-corrected chi connectivity index (χ3v) is 6.07. The molecule has 160 valence electrons. The molecule has 1 amide bonds. The first kappa shape index (κ1) is 20.1. The molecule has 0 radical (unpaired) electrons. The maximum atomic E-state index is 12.6. The summed E-state index contributed by atoms with van der Waals surface area (Å²) in [5, 5.41) is 10.9. The molecule has 1 aromatic heterocycles. The molecule has 0 unspecified atom stereocenters. The maximum Gasteiger partial charge on any atom is 0.420 e. The summed E-state index contributed by atoms with van der Waals surface area (Å²) in [7, 11) is 0. The molecule has 1 saturated heterocycles. The number of hydrogen-bond acceptors (Lipinski definition) is 7. The number of likely N-dealkylation sites (tertiary alicyclic amines) is 1. The Morgan fingerprint density at radius 3 is 2.77 bits per heavy atom. The Bertz CT molecular complexity index is 1040. The molecule has 10 heteroatoms. The van der Waals surface area contributed by atoms with Crippen molar-refractivity contribution in [2.75, 3.05) is 13.2 Å². The number of nitro benzene ring substituents is 1. The second kappa shape index (κ2) is 8.29. The number of carbonyl (C=O) groups excluding carboxylic acids is 2. The van der Waals surface area contributed by atoms with E-state index in [0.29, 0.717) is 12.5 Å². The van der Waals surface area contributed by atoms with Crippen molar-refractivity contribution in [1.29, 1.82) is 0 Å². The van der Waals surface area contributed by atoms with E-state index in [-0.39, 0.29) is 35.3 Å². The molecule has 1 aliphatic carbocycles. The highest BCUT2D eigenvalue weighted by atomic mass is 16.6. The smallest absolute Gasteiger partial charge is 0.420 e. The normalized spacial score (nSPS) is 21.3. The summed E-state index contributed by atoms with van der Waals surface area (Å²) in [6.45, 7) is -0.122. The molecule has 1 aromatic carbocycles. The number of hydrogen-bond donors (Lipinski definition) is 0. The second-order valence-corrected chi connectivity index (χ2v) is 7.87. The lowest BCUT2D eigenvalue weighted by molar-refractivity contribution is -0.384. The summed E-state index contributed by atoms with van der Waals surface area (Å²) in [5.74, 6) is -1.24. The molecular weight excluding hydrogens is 394 g/mol. The minimum atomic E-state index is -0.824. The van der Waals surface area contributed by atoms with Crippen molar-refractivity contribution in [2.45, 2.75) is 51.1 Å². The van der Waals surface area contributed by atoms with E-state index in [4.69, 9.17) is 9.15 Å². The molecule has 0 spiro atoms. The fourth-order valence-electron chi connectivity index (χ4n) is 4.65. The number of esters is 1. The third kappa shape index (κ3) is 3.94. The topological polar surface area (TPSA) is 125 Å². The van der Waals surface area contributed by atoms with E-state index in [2.05, 4.69) is 0 Å². The van der Waals surface area contributed by atoms with Crippen LogP contribution in [0.15, 0.2) is 27.4 Å². The van der Waals surface area contributed by atoms with E-state index >= 15 is 0 Å². The molecule has 2 heterocycles. The van der Waals surface area contributed by atoms with Crippen molar-refractivity contribution >= 4 is 28.7 Å². The Hall–Kier alpha value is -3.17. The Morgan fingerprint density at radius 2 is 1.97 bits per heavy atom. The Labute approximate surface area is 171 Å². The Balaban J connectivity index is 1.39. The summed E-state index contributed by atoms with van der Waals surface area (Å²) in [6.07, 6.45) is 6.55. The summed E-state index contributed by atoms with van der Waals surface area (Å²) in [5.41, 5.74) is 0.0313. The number of rotatable bonds is 5. The van der Waals surface area contributed by atoms with E-state index in [1.807, 2.05) is 4.90 Å². The van der Waals surface area contributed by atoms with E-state index in [9.17, 15) is 24.5 Å². The van der Waals surface area contributed by atoms with Crippen LogP contribution in [0.25, 0.3) is 11.1 Å². The number of fused-ring (bicyclic) bond motifs is 2. The molecule has 2 atom stereocenters. The minimum Gasteiger partial charge on any atom is -0.454 e. The predicted molar refractivity (Wildman–Crippen MR) is 105 cm³/mol. The van der Waals surface area contributed by atoms with Crippen LogP contribution < -0.4 is 5.76 Å². The zero-order chi connectivity index (χ0) is 21.3. The Morgan fingerprint density at radius 1 is 1.20 bits per heavy atom. The number of oxazole rings is 1. The van der Waals surface area contributed by atoms with Gasteiger partial charge >= 0.3 is 11.7 Å². The molecule has 10 nitrogen and oxygen atoms in total. The number of amides is 1. The van der Waals surface area contributed by atoms with Crippen LogP contribution in [0, 0.1) is 16.0 Å². The molecule has 2 aliphatic rings. The summed E-state index contributed by atoms with van der Waals surface area (Å²) >= 11 is 0. The lowest BCUT2D eigenvalue weighted by Gasteiger charge is -2.44. The third-order valence-electron chi connectivity index (χ3n) is 6.07. The van der Waals surface area contributed by atoms with Gasteiger partial charge in [0.25, 0.3) is 11.6 Å². The minimum absolute atomic E-state index is 0.00901. The van der Waals surface area contributed by atoms with Crippen LogP contribution in [0.2, 0.25) is 0 Å². The average molecular weight is 417 g/mol. The van der Waals surface area contributed by atoms with Gasteiger partial charge in [-0.2, -0.15) is 0 Å². The van der Waals surface area contributed by atoms with Crippen molar-refractivity contribution in [3.8, 4) is 0 Å². The quantitative estimate of drug-likeness (QED) is 0.415. The highest BCUT2D eigenvalue weighted by Gasteiger charge is 2.35. The van der Waals surface area contributed by atoms with Crippen molar-refractivity contribution in [3.05, 3.63) is 38.9 Å². The lowest BCUT2D eigenvalue weighted by Crippen LogP contribution is -2.51. The van der Waals surface area contributed by atoms with Crippen molar-refractivity contribution in [3.63, 3.8) is 0 Å². The van der Waals surface area contributed by atoms with Gasteiger partial charge in [0.15, 0.2) is 12.2 Å². The van der Waals surface area contributed by atoms with Gasteiger partial charge in [0, 0.05) is 18.7 Å². The van der Waals surface area contributed by atoms with Gasteiger partial charge < -0.3 is 14.1 Å². The van der Waals surface area contributed by atoms with Gasteiger partial charge in [-0.3, -0.25) is 24.3 Å². The van der Waals surface area contributed by atoms with Crippen molar-refractivity contribution in [1.82, 2.24) is 9.47 Å². The van der Waals surface area contributed by atoms with Gasteiger partial charge in [0.05, 0.1) is 16.5 Å². The first-order valence-electron chi connectivity index (χ1n) is 10.2. The summed E-state index contributed by atoms with van der Waals surface area (Å²) in [6, 6.07) is 3.92. The molecule has 2 aromatic rings. The van der Waals surface area contributed by atoms with Crippen LogP contribution in [0.4, 0.5) is 5.69 Å². The van der Waals surface area contributed by atoms with Crippen LogP contribution >= 0.6 is 0 Å². The van der Waals surface area contributed by atoms with Crippen molar-refractivity contribution in [2.24, 2.45) is 5.92 Å². The van der Waals surface area contributed by atoms with Gasteiger partial charge in [-0.05, 0) is 37.7 Å². The van der Waals surface area contributed by atoms with Gasteiger partial charge in [0.2, 0.25) is 0 Å². The van der Waals surface area contributed by atoms with E-state index in [1.165, 1.54) is 18.6 Å². The first-order chi connectivity index (χ1) is 14.4. The molecule has 30 heavy (non-hydrogen) atoms. The zero-order valence-electron chi connectivity index (χ0n) is 16.5. The monoisotopic (exact) mass is 417 g/mol. The molecular formula is C20H23N3O7. The van der Waals surface area contributed by atoms with E-state index < -0.39 is 23.2 Å². The fourth-order valence-corrected chi connectivity index (χ4v) is 4.65.